The molecule has 1 aliphatic carbocycles. The standard InChI is InChI=1S/C23H26N2O6S2/c1-4-31-22(28)18-15-8-6-5-7-9-17(15)33-19(18)25-23(32)24-16-12-13(20(26)29-2)10-11-14(16)21(27)30-3/h10-12H,4-9H2,1-3H3,(H2,24,25,32). The molecule has 0 saturated heterocycles. The van der Waals surface area contributed by atoms with E-state index in [9.17, 15) is 14.4 Å². The molecule has 0 aliphatic heterocycles. The third-order valence-corrected chi connectivity index (χ3v) is 6.63. The van der Waals surface area contributed by atoms with Gasteiger partial charge in [0.15, 0.2) is 5.11 Å². The van der Waals surface area contributed by atoms with Gasteiger partial charge in [0.05, 0.1) is 43.2 Å². The molecule has 176 valence electrons. The van der Waals surface area contributed by atoms with Crippen LogP contribution in [0.2, 0.25) is 0 Å². The maximum atomic E-state index is 12.8. The van der Waals surface area contributed by atoms with Crippen LogP contribution in [0.4, 0.5) is 10.7 Å². The van der Waals surface area contributed by atoms with Gasteiger partial charge in [-0.05, 0) is 68.6 Å². The molecule has 1 aromatic carbocycles. The summed E-state index contributed by atoms with van der Waals surface area (Å²) in [4.78, 5) is 38.1. The summed E-state index contributed by atoms with van der Waals surface area (Å²) in [5.74, 6) is -1.53. The van der Waals surface area contributed by atoms with Crippen molar-refractivity contribution in [1.29, 1.82) is 0 Å². The van der Waals surface area contributed by atoms with E-state index in [1.54, 1.807) is 6.92 Å². The van der Waals surface area contributed by atoms with Crippen molar-refractivity contribution >= 4 is 57.3 Å². The monoisotopic (exact) mass is 490 g/mol. The minimum atomic E-state index is -0.591. The highest BCUT2D eigenvalue weighted by molar-refractivity contribution is 7.80. The second-order valence-corrected chi connectivity index (χ2v) is 8.83. The Balaban J connectivity index is 1.91. The number of methoxy groups -OCH3 is 2. The maximum Gasteiger partial charge on any atom is 0.341 e. The molecule has 0 radical (unpaired) electrons. The number of rotatable bonds is 6. The molecule has 3 rings (SSSR count). The number of anilines is 2. The predicted molar refractivity (Wildman–Crippen MR) is 130 cm³/mol. The Bertz CT molecular complexity index is 1080. The Kier molecular flexibility index (Phi) is 8.40. The lowest BCUT2D eigenvalue weighted by Crippen LogP contribution is -2.22. The molecule has 0 fully saturated rings. The molecule has 0 bridgehead atoms. The minimum absolute atomic E-state index is 0.157. The zero-order chi connectivity index (χ0) is 24.0. The van der Waals surface area contributed by atoms with Crippen LogP contribution in [0.15, 0.2) is 18.2 Å². The van der Waals surface area contributed by atoms with E-state index in [4.69, 9.17) is 26.4 Å². The van der Waals surface area contributed by atoms with Gasteiger partial charge < -0.3 is 24.8 Å². The molecule has 2 N–H and O–H groups in total. The molecule has 2 aromatic rings. The van der Waals surface area contributed by atoms with Gasteiger partial charge in [-0.2, -0.15) is 0 Å². The van der Waals surface area contributed by atoms with Crippen molar-refractivity contribution in [3.05, 3.63) is 45.3 Å². The lowest BCUT2D eigenvalue weighted by molar-refractivity contribution is 0.0525. The summed E-state index contributed by atoms with van der Waals surface area (Å²) in [5.41, 5.74) is 2.24. The van der Waals surface area contributed by atoms with Crippen molar-refractivity contribution < 1.29 is 28.6 Å². The summed E-state index contributed by atoms with van der Waals surface area (Å²) in [6.45, 7) is 2.04. The first kappa shape index (κ1) is 24.7. The predicted octanol–water partition coefficient (Wildman–Crippen LogP) is 4.58. The van der Waals surface area contributed by atoms with Gasteiger partial charge in [0.2, 0.25) is 0 Å². The zero-order valence-electron chi connectivity index (χ0n) is 18.7. The van der Waals surface area contributed by atoms with E-state index in [1.807, 2.05) is 0 Å². The van der Waals surface area contributed by atoms with Crippen molar-refractivity contribution in [2.45, 2.75) is 39.0 Å². The fourth-order valence-electron chi connectivity index (χ4n) is 3.69. The largest absolute Gasteiger partial charge is 0.465 e. The van der Waals surface area contributed by atoms with Crippen LogP contribution in [0, 0.1) is 0 Å². The van der Waals surface area contributed by atoms with E-state index >= 15 is 0 Å². The number of aryl methyl sites for hydroxylation is 1. The van der Waals surface area contributed by atoms with Crippen molar-refractivity contribution in [2.24, 2.45) is 0 Å². The second kappa shape index (κ2) is 11.2. The number of nitrogens with one attached hydrogen (secondary N) is 2. The molecule has 0 unspecified atom stereocenters. The van der Waals surface area contributed by atoms with Crippen molar-refractivity contribution in [3.8, 4) is 0 Å². The van der Waals surface area contributed by atoms with Crippen molar-refractivity contribution in [1.82, 2.24) is 0 Å². The van der Waals surface area contributed by atoms with Gasteiger partial charge in [0, 0.05) is 4.88 Å². The van der Waals surface area contributed by atoms with Crippen molar-refractivity contribution in [2.75, 3.05) is 31.5 Å². The molecular weight excluding hydrogens is 464 g/mol. The molecule has 10 heteroatoms. The Morgan fingerprint density at radius 3 is 2.42 bits per heavy atom. The van der Waals surface area contributed by atoms with Gasteiger partial charge in [0.25, 0.3) is 0 Å². The number of carbonyl (C=O) groups is 3. The van der Waals surface area contributed by atoms with Gasteiger partial charge in [-0.15, -0.1) is 11.3 Å². The third kappa shape index (κ3) is 5.69. The maximum absolute atomic E-state index is 12.8. The summed E-state index contributed by atoms with van der Waals surface area (Å²) < 4.78 is 14.9. The fraction of sp³-hybridized carbons (Fsp3) is 0.391. The van der Waals surface area contributed by atoms with Gasteiger partial charge in [-0.25, -0.2) is 14.4 Å². The van der Waals surface area contributed by atoms with Gasteiger partial charge in [-0.1, -0.05) is 6.42 Å². The number of hydrogen-bond donors (Lipinski definition) is 2. The quantitative estimate of drug-likeness (QED) is 0.261. The van der Waals surface area contributed by atoms with E-state index in [2.05, 4.69) is 10.6 Å². The molecule has 0 atom stereocenters. The number of hydrogen-bond acceptors (Lipinski definition) is 8. The number of benzene rings is 1. The Hall–Kier alpha value is -2.98. The smallest absolute Gasteiger partial charge is 0.341 e. The lowest BCUT2D eigenvalue weighted by Gasteiger charge is -2.14. The molecule has 1 aliphatic rings. The first-order chi connectivity index (χ1) is 15.9. The molecule has 0 spiro atoms. The minimum Gasteiger partial charge on any atom is -0.465 e. The molecule has 33 heavy (non-hydrogen) atoms. The number of thiophene rings is 1. The Labute approximate surface area is 201 Å². The molecular formula is C23H26N2O6S2. The van der Waals surface area contributed by atoms with E-state index in [1.165, 1.54) is 43.8 Å². The van der Waals surface area contributed by atoms with Crippen LogP contribution in [0.25, 0.3) is 0 Å². The summed E-state index contributed by atoms with van der Waals surface area (Å²) >= 11 is 6.97. The van der Waals surface area contributed by atoms with E-state index < -0.39 is 11.9 Å². The number of carbonyl (C=O) groups excluding carboxylic acids is 3. The average molecular weight is 491 g/mol. The highest BCUT2D eigenvalue weighted by atomic mass is 32.1. The highest BCUT2D eigenvalue weighted by Crippen LogP contribution is 2.38. The summed E-state index contributed by atoms with van der Waals surface area (Å²) in [6.07, 6.45) is 4.93. The Morgan fingerprint density at radius 2 is 1.73 bits per heavy atom. The van der Waals surface area contributed by atoms with Gasteiger partial charge in [-0.3, -0.25) is 0 Å². The number of ether oxygens (including phenoxy) is 3. The molecule has 0 saturated carbocycles. The van der Waals surface area contributed by atoms with Crippen LogP contribution in [-0.4, -0.2) is 43.8 Å². The zero-order valence-corrected chi connectivity index (χ0v) is 20.4. The van der Waals surface area contributed by atoms with E-state index in [-0.39, 0.29) is 34.5 Å². The lowest BCUT2D eigenvalue weighted by atomic mass is 10.1. The van der Waals surface area contributed by atoms with Crippen LogP contribution >= 0.6 is 23.6 Å². The molecule has 0 amide bonds. The number of thiocarbonyl (C=S) groups is 1. The first-order valence-electron chi connectivity index (χ1n) is 10.6. The Morgan fingerprint density at radius 1 is 1.00 bits per heavy atom. The first-order valence-corrected chi connectivity index (χ1v) is 11.8. The van der Waals surface area contributed by atoms with E-state index in [0.29, 0.717) is 10.6 Å². The summed E-state index contributed by atoms with van der Waals surface area (Å²) in [5, 5.41) is 6.80. The van der Waals surface area contributed by atoms with Crippen LogP contribution in [0.3, 0.4) is 0 Å². The molecule has 1 heterocycles. The third-order valence-electron chi connectivity index (χ3n) is 5.22. The summed E-state index contributed by atoms with van der Waals surface area (Å²) in [7, 11) is 2.54. The van der Waals surface area contributed by atoms with Crippen molar-refractivity contribution in [3.63, 3.8) is 0 Å². The topological polar surface area (TPSA) is 103 Å². The highest BCUT2D eigenvalue weighted by Gasteiger charge is 2.26. The van der Waals surface area contributed by atoms with Crippen LogP contribution < -0.4 is 10.6 Å². The van der Waals surface area contributed by atoms with Gasteiger partial charge in [0.1, 0.15) is 5.00 Å². The van der Waals surface area contributed by atoms with Crippen LogP contribution in [0.5, 0.6) is 0 Å². The molecule has 8 nitrogen and oxygen atoms in total. The van der Waals surface area contributed by atoms with Crippen LogP contribution in [0.1, 0.15) is 67.7 Å². The molecule has 1 aromatic heterocycles. The second-order valence-electron chi connectivity index (χ2n) is 7.31. The SMILES string of the molecule is CCOC(=O)c1c(NC(=S)Nc2cc(C(=O)OC)ccc2C(=O)OC)sc2c1CCCCC2. The van der Waals surface area contributed by atoms with Gasteiger partial charge >= 0.3 is 17.9 Å². The van der Waals surface area contributed by atoms with Crippen LogP contribution in [-0.2, 0) is 27.1 Å². The number of fused-ring (bicyclic) bond motifs is 1. The van der Waals surface area contributed by atoms with E-state index in [0.717, 1.165) is 42.5 Å². The normalized spacial score (nSPS) is 12.7. The number of esters is 3. The fourth-order valence-corrected chi connectivity index (χ4v) is 5.25. The summed E-state index contributed by atoms with van der Waals surface area (Å²) in [6, 6.07) is 4.39. The average Bonchev–Trinajstić information content (AvgIpc) is 2.97.